The number of hydrogen-bond acceptors (Lipinski definition) is 4. The first-order chi connectivity index (χ1) is 9.06. The highest BCUT2D eigenvalue weighted by Crippen LogP contribution is 2.34. The first-order valence-corrected chi connectivity index (χ1v) is 6.22. The number of ketones is 1. The van der Waals surface area contributed by atoms with Gasteiger partial charge in [-0.2, -0.15) is 0 Å². The van der Waals surface area contributed by atoms with Crippen molar-refractivity contribution >= 4 is 29.1 Å². The molecule has 5 nitrogen and oxygen atoms in total. The average Bonchev–Trinajstić information content (AvgIpc) is 2.88. The highest BCUT2D eigenvalue weighted by Gasteiger charge is 2.29. The highest BCUT2D eigenvalue weighted by molar-refractivity contribution is 7.99. The van der Waals surface area contributed by atoms with Gasteiger partial charge in [-0.05, 0) is 23.9 Å². The van der Waals surface area contributed by atoms with E-state index in [1.54, 1.807) is 24.0 Å². The molecule has 0 fully saturated rings. The van der Waals surface area contributed by atoms with Gasteiger partial charge in [0.2, 0.25) is 0 Å². The monoisotopic (exact) mass is 277 g/mol. The van der Waals surface area contributed by atoms with Crippen LogP contribution in [-0.2, 0) is 11.8 Å². The number of hydrogen-bond donors (Lipinski definition) is 1. The molecule has 2 aromatic rings. The van der Waals surface area contributed by atoms with Gasteiger partial charge in [0.25, 0.3) is 11.7 Å². The fraction of sp³-hybridized carbons (Fsp3) is 0.0833. The summed E-state index contributed by atoms with van der Waals surface area (Å²) in [6, 6.07) is 2.54. The second-order valence-electron chi connectivity index (χ2n) is 4.03. The predicted octanol–water partition coefficient (Wildman–Crippen LogP) is 1.85. The van der Waals surface area contributed by atoms with Crippen molar-refractivity contribution in [3.05, 3.63) is 35.9 Å². The molecule has 0 saturated carbocycles. The fourth-order valence-corrected chi connectivity index (χ4v) is 2.62. The molecule has 1 N–H and O–H groups in total. The van der Waals surface area contributed by atoms with E-state index in [2.05, 4.69) is 10.3 Å². The Morgan fingerprint density at radius 1 is 1.37 bits per heavy atom. The van der Waals surface area contributed by atoms with Crippen LogP contribution >= 0.6 is 11.8 Å². The number of nitrogens with zero attached hydrogens (tertiary/aromatic N) is 2. The number of aryl methyl sites for hydroxylation is 1. The lowest BCUT2D eigenvalue weighted by Gasteiger charge is -2.05. The van der Waals surface area contributed by atoms with Crippen molar-refractivity contribution in [3.8, 4) is 0 Å². The van der Waals surface area contributed by atoms with Crippen molar-refractivity contribution in [3.63, 3.8) is 0 Å². The van der Waals surface area contributed by atoms with Gasteiger partial charge < -0.3 is 9.88 Å². The van der Waals surface area contributed by atoms with E-state index in [0.717, 1.165) is 17.8 Å². The number of rotatable bonds is 2. The molecule has 0 bridgehead atoms. The third-order valence-electron chi connectivity index (χ3n) is 2.75. The summed E-state index contributed by atoms with van der Waals surface area (Å²) in [5.41, 5.74) is 0.416. The molecule has 0 radical (unpaired) electrons. The Kier molecular flexibility index (Phi) is 2.63. The summed E-state index contributed by atoms with van der Waals surface area (Å²) in [6.45, 7) is 0. The van der Waals surface area contributed by atoms with E-state index in [9.17, 15) is 14.0 Å². The Balaban J connectivity index is 2.01. The van der Waals surface area contributed by atoms with Crippen LogP contribution in [0.5, 0.6) is 0 Å². The number of fused-ring (bicyclic) bond motifs is 1. The number of Topliss-reactive ketones (excluding diaryl/α,β-unsaturated/α-hetero) is 1. The van der Waals surface area contributed by atoms with E-state index in [0.29, 0.717) is 15.7 Å². The SMILES string of the molecule is Cn1ccnc1Sc1cc2c(cc1F)C(=O)C(=O)N2. The van der Waals surface area contributed by atoms with Gasteiger partial charge >= 0.3 is 0 Å². The van der Waals surface area contributed by atoms with Gasteiger partial charge in [-0.1, -0.05) is 0 Å². The van der Waals surface area contributed by atoms with Crippen molar-refractivity contribution in [1.29, 1.82) is 0 Å². The van der Waals surface area contributed by atoms with Crippen LogP contribution in [0.4, 0.5) is 10.1 Å². The Bertz CT molecular complexity index is 711. The number of imidazole rings is 1. The molecule has 0 unspecified atom stereocenters. The number of nitrogens with one attached hydrogen (secondary N) is 1. The largest absolute Gasteiger partial charge is 0.329 e. The van der Waals surface area contributed by atoms with Gasteiger partial charge in [0.15, 0.2) is 5.16 Å². The fourth-order valence-electron chi connectivity index (χ4n) is 1.77. The summed E-state index contributed by atoms with van der Waals surface area (Å²) >= 11 is 1.13. The van der Waals surface area contributed by atoms with Crippen molar-refractivity contribution < 1.29 is 14.0 Å². The van der Waals surface area contributed by atoms with E-state index in [1.165, 1.54) is 6.07 Å². The van der Waals surface area contributed by atoms with Crippen molar-refractivity contribution in [2.75, 3.05) is 5.32 Å². The molecule has 0 aliphatic carbocycles. The minimum atomic E-state index is -0.728. The van der Waals surface area contributed by atoms with Gasteiger partial charge in [-0.25, -0.2) is 9.37 Å². The third-order valence-corrected chi connectivity index (χ3v) is 3.86. The quantitative estimate of drug-likeness (QED) is 0.851. The maximum absolute atomic E-state index is 13.9. The van der Waals surface area contributed by atoms with Gasteiger partial charge in [0.05, 0.1) is 16.1 Å². The topological polar surface area (TPSA) is 64.0 Å². The zero-order valence-electron chi connectivity index (χ0n) is 9.81. The summed E-state index contributed by atoms with van der Waals surface area (Å²) in [5.74, 6) is -1.98. The Labute approximate surface area is 111 Å². The van der Waals surface area contributed by atoms with E-state index in [-0.39, 0.29) is 5.56 Å². The zero-order valence-corrected chi connectivity index (χ0v) is 10.6. The molecular weight excluding hydrogens is 269 g/mol. The van der Waals surface area contributed by atoms with Crippen LogP contribution < -0.4 is 5.32 Å². The third kappa shape index (κ3) is 1.91. The number of carbonyl (C=O) groups excluding carboxylic acids is 2. The number of anilines is 1. The number of aromatic nitrogens is 2. The van der Waals surface area contributed by atoms with E-state index in [4.69, 9.17) is 0 Å². The van der Waals surface area contributed by atoms with Crippen molar-refractivity contribution in [2.24, 2.45) is 7.05 Å². The number of amides is 1. The van der Waals surface area contributed by atoms with Crippen LogP contribution in [0.2, 0.25) is 0 Å². The lowest BCUT2D eigenvalue weighted by molar-refractivity contribution is -0.112. The van der Waals surface area contributed by atoms with Gasteiger partial charge in [-0.3, -0.25) is 9.59 Å². The van der Waals surface area contributed by atoms with Gasteiger partial charge in [0.1, 0.15) is 5.82 Å². The molecule has 1 aliphatic heterocycles. The molecule has 7 heteroatoms. The lowest BCUT2D eigenvalue weighted by Crippen LogP contribution is -2.12. The molecule has 1 aromatic heterocycles. The molecule has 1 aromatic carbocycles. The van der Waals surface area contributed by atoms with Crippen molar-refractivity contribution in [2.45, 2.75) is 10.1 Å². The van der Waals surface area contributed by atoms with E-state index in [1.807, 2.05) is 0 Å². The molecule has 1 aliphatic rings. The maximum Gasteiger partial charge on any atom is 0.296 e. The Morgan fingerprint density at radius 2 is 2.16 bits per heavy atom. The van der Waals surface area contributed by atoms with E-state index >= 15 is 0 Å². The second kappa shape index (κ2) is 4.20. The van der Waals surface area contributed by atoms with Crippen LogP contribution in [0, 0.1) is 5.82 Å². The summed E-state index contributed by atoms with van der Waals surface area (Å²) in [6.07, 6.45) is 3.36. The molecule has 0 saturated heterocycles. The number of benzene rings is 1. The summed E-state index contributed by atoms with van der Waals surface area (Å²) < 4.78 is 15.7. The molecule has 19 heavy (non-hydrogen) atoms. The lowest BCUT2D eigenvalue weighted by atomic mass is 10.1. The maximum atomic E-state index is 13.9. The Morgan fingerprint density at radius 3 is 2.84 bits per heavy atom. The van der Waals surface area contributed by atoms with Crippen LogP contribution in [0.25, 0.3) is 0 Å². The first-order valence-electron chi connectivity index (χ1n) is 5.40. The molecule has 3 rings (SSSR count). The molecule has 0 atom stereocenters. The highest BCUT2D eigenvalue weighted by atomic mass is 32.2. The minimum absolute atomic E-state index is 0.0756. The van der Waals surface area contributed by atoms with Crippen molar-refractivity contribution in [1.82, 2.24) is 9.55 Å². The smallest absolute Gasteiger partial charge is 0.296 e. The van der Waals surface area contributed by atoms with Gasteiger partial charge in [-0.15, -0.1) is 0 Å². The molecule has 0 spiro atoms. The van der Waals surface area contributed by atoms with Crippen LogP contribution in [0.3, 0.4) is 0 Å². The second-order valence-corrected chi connectivity index (χ2v) is 5.04. The minimum Gasteiger partial charge on any atom is -0.329 e. The van der Waals surface area contributed by atoms with Crippen LogP contribution in [0.15, 0.2) is 34.6 Å². The number of halogens is 1. The van der Waals surface area contributed by atoms with Crippen LogP contribution in [-0.4, -0.2) is 21.2 Å². The number of carbonyl (C=O) groups is 2. The average molecular weight is 277 g/mol. The van der Waals surface area contributed by atoms with Gasteiger partial charge in [0, 0.05) is 19.4 Å². The molecular formula is C12H8FN3O2S. The predicted molar refractivity (Wildman–Crippen MR) is 66.7 cm³/mol. The normalized spacial score (nSPS) is 13.6. The summed E-state index contributed by atoms with van der Waals surface area (Å²) in [5, 5.41) is 3.03. The molecule has 2 heterocycles. The van der Waals surface area contributed by atoms with E-state index < -0.39 is 17.5 Å². The summed E-state index contributed by atoms with van der Waals surface area (Å²) in [7, 11) is 1.80. The van der Waals surface area contributed by atoms with Crippen LogP contribution in [0.1, 0.15) is 10.4 Å². The zero-order chi connectivity index (χ0) is 13.6. The summed E-state index contributed by atoms with van der Waals surface area (Å²) in [4.78, 5) is 27.0. The standard InChI is InChI=1S/C12H8FN3O2S/c1-16-3-2-14-12(16)19-9-5-8-6(4-7(9)13)10(17)11(18)15-8/h2-5H,1H3,(H,15,17,18). The first kappa shape index (κ1) is 11.9. The molecule has 1 amide bonds. The molecule has 96 valence electrons. The Hall–Kier alpha value is -2.15.